The molecule has 0 unspecified atom stereocenters. The molecule has 1 aromatic carbocycles. The van der Waals surface area contributed by atoms with Crippen molar-refractivity contribution in [2.45, 2.75) is 102 Å². The average molecular weight is 634 g/mol. The monoisotopic (exact) mass is 633 g/mol. The van der Waals surface area contributed by atoms with Crippen LogP contribution in [0.5, 0.6) is 0 Å². The number of sulfone groups is 1. The highest BCUT2D eigenvalue weighted by molar-refractivity contribution is 7.92. The van der Waals surface area contributed by atoms with E-state index in [0.717, 1.165) is 37.7 Å². The minimum absolute atomic E-state index is 0.0472. The van der Waals surface area contributed by atoms with E-state index in [1.165, 1.54) is 12.5 Å². The van der Waals surface area contributed by atoms with Crippen molar-refractivity contribution in [2.75, 3.05) is 12.4 Å². The number of H-pyrrole nitrogens is 1. The lowest BCUT2D eigenvalue weighted by atomic mass is 9.83. The lowest BCUT2D eigenvalue weighted by molar-refractivity contribution is -0.130. The van der Waals surface area contributed by atoms with Crippen molar-refractivity contribution in [1.82, 2.24) is 25.9 Å². The van der Waals surface area contributed by atoms with Crippen molar-refractivity contribution in [2.24, 2.45) is 5.92 Å². The number of carbonyl (C=O) groups excluding carboxylic acids is 3. The predicted molar refractivity (Wildman–Crippen MR) is 166 cm³/mol. The van der Waals surface area contributed by atoms with E-state index in [-0.39, 0.29) is 25.4 Å². The van der Waals surface area contributed by atoms with Crippen molar-refractivity contribution in [3.8, 4) is 0 Å². The van der Waals surface area contributed by atoms with Gasteiger partial charge in [0, 0.05) is 24.7 Å². The highest BCUT2D eigenvalue weighted by atomic mass is 32.2. The summed E-state index contributed by atoms with van der Waals surface area (Å²) in [6.07, 6.45) is 6.61. The molecule has 1 heterocycles. The summed E-state index contributed by atoms with van der Waals surface area (Å²) in [6, 6.07) is 6.13. The molecule has 244 valence electrons. The number of alkyl carbamates (subject to hydrolysis) is 1. The molecule has 0 spiro atoms. The molecule has 1 aliphatic carbocycles. The first-order valence-electron chi connectivity index (χ1n) is 15.4. The largest absolute Gasteiger partial charge is 0.450 e. The van der Waals surface area contributed by atoms with Crippen LogP contribution in [0.2, 0.25) is 0 Å². The zero-order chi connectivity index (χ0) is 32.1. The first-order chi connectivity index (χ1) is 21.0. The number of aromatic nitrogens is 2. The van der Waals surface area contributed by atoms with Crippen LogP contribution in [0, 0.1) is 5.92 Å². The van der Waals surface area contributed by atoms with E-state index in [4.69, 9.17) is 4.74 Å². The van der Waals surface area contributed by atoms with Gasteiger partial charge in [0.2, 0.25) is 11.8 Å². The average Bonchev–Trinajstić information content (AvgIpc) is 3.50. The number of amides is 3. The van der Waals surface area contributed by atoms with Crippen LogP contribution in [0.3, 0.4) is 0 Å². The zero-order valence-electron chi connectivity index (χ0n) is 25.8. The number of rotatable bonds is 16. The van der Waals surface area contributed by atoms with E-state index in [0.29, 0.717) is 12.1 Å². The van der Waals surface area contributed by atoms with Gasteiger partial charge >= 0.3 is 6.09 Å². The molecular formula is C31H47N5O7S. The molecular weight excluding hydrogens is 586 g/mol. The maximum atomic E-state index is 13.8. The number of hydrogen-bond donors (Lipinski definition) is 5. The molecule has 12 nitrogen and oxygen atoms in total. The molecule has 0 aliphatic heterocycles. The van der Waals surface area contributed by atoms with Gasteiger partial charge in [0.05, 0.1) is 36.1 Å². The normalized spacial score (nSPS) is 16.8. The van der Waals surface area contributed by atoms with Crippen molar-refractivity contribution >= 4 is 27.7 Å². The van der Waals surface area contributed by atoms with Gasteiger partial charge in [0.1, 0.15) is 12.1 Å². The van der Waals surface area contributed by atoms with Crippen molar-refractivity contribution in [3.05, 3.63) is 54.1 Å². The summed E-state index contributed by atoms with van der Waals surface area (Å²) in [7, 11) is -3.59. The quantitative estimate of drug-likeness (QED) is 0.187. The molecule has 0 bridgehead atoms. The summed E-state index contributed by atoms with van der Waals surface area (Å²) in [5.74, 6) is -1.43. The molecule has 3 amide bonds. The fourth-order valence-electron chi connectivity index (χ4n) is 5.40. The SMILES string of the molecule is CCOC(=O)N[C@@H](Cc1ccccc1)C(=O)N[C@@H](Cc1cnc[nH]1)C(=O)N[C@@H](CC1CCCCC1)[C@@H](O)CS(=O)(=O)C(C)C. The fraction of sp³-hybridized carbons (Fsp3) is 0.613. The van der Waals surface area contributed by atoms with Gasteiger partial charge in [-0.05, 0) is 38.7 Å². The van der Waals surface area contributed by atoms with Crippen LogP contribution < -0.4 is 16.0 Å². The van der Waals surface area contributed by atoms with Gasteiger partial charge < -0.3 is 30.8 Å². The van der Waals surface area contributed by atoms with Crippen LogP contribution in [0.15, 0.2) is 42.9 Å². The van der Waals surface area contributed by atoms with Gasteiger partial charge in [-0.1, -0.05) is 62.4 Å². The number of hydrogen-bond acceptors (Lipinski definition) is 8. The van der Waals surface area contributed by atoms with Crippen LogP contribution in [0.4, 0.5) is 4.79 Å². The first-order valence-corrected chi connectivity index (χ1v) is 17.1. The number of aromatic amines is 1. The number of benzene rings is 1. The third-order valence-electron chi connectivity index (χ3n) is 8.00. The molecule has 4 atom stereocenters. The smallest absolute Gasteiger partial charge is 0.407 e. The lowest BCUT2D eigenvalue weighted by Crippen LogP contribution is -2.58. The Hall–Kier alpha value is -3.45. The second kappa shape index (κ2) is 17.1. The van der Waals surface area contributed by atoms with Crippen molar-refractivity contribution in [1.29, 1.82) is 0 Å². The number of nitrogens with zero attached hydrogens (tertiary/aromatic N) is 1. The zero-order valence-corrected chi connectivity index (χ0v) is 26.6. The van der Waals surface area contributed by atoms with Gasteiger partial charge in [-0.3, -0.25) is 9.59 Å². The number of imidazole rings is 1. The van der Waals surface area contributed by atoms with Crippen molar-refractivity contribution in [3.63, 3.8) is 0 Å². The Balaban J connectivity index is 1.83. The Morgan fingerprint density at radius 3 is 2.27 bits per heavy atom. The summed E-state index contributed by atoms with van der Waals surface area (Å²) < 4.78 is 30.4. The summed E-state index contributed by atoms with van der Waals surface area (Å²) in [5.41, 5.74) is 1.37. The Kier molecular flexibility index (Phi) is 13.7. The third kappa shape index (κ3) is 11.2. The van der Waals surface area contributed by atoms with E-state index in [9.17, 15) is 27.9 Å². The van der Waals surface area contributed by atoms with E-state index in [2.05, 4.69) is 25.9 Å². The standard InChI is InChI=1S/C31H47N5O7S/c1-4-43-31(40)36-26(16-23-13-9-6-10-14-23)29(38)35-27(17-24-18-32-20-33-24)30(39)34-25(15-22-11-7-5-8-12-22)28(37)19-44(41,42)21(2)3/h6,9-10,13-14,18,20-22,25-28,37H,4-5,7-8,11-12,15-17,19H2,1-3H3,(H,32,33)(H,34,39)(H,35,38)(H,36,40)/t25-,26-,27-,28-/m0/s1. The Bertz CT molecular complexity index is 1280. The lowest BCUT2D eigenvalue weighted by Gasteiger charge is -2.32. The van der Waals surface area contributed by atoms with E-state index in [1.54, 1.807) is 20.8 Å². The van der Waals surface area contributed by atoms with E-state index < -0.39 is 63.0 Å². The van der Waals surface area contributed by atoms with Crippen LogP contribution in [-0.2, 0) is 37.0 Å². The predicted octanol–water partition coefficient (Wildman–Crippen LogP) is 2.43. The molecule has 2 aromatic rings. The van der Waals surface area contributed by atoms with Gasteiger partial charge in [-0.25, -0.2) is 18.2 Å². The Morgan fingerprint density at radius 2 is 1.66 bits per heavy atom. The summed E-state index contributed by atoms with van der Waals surface area (Å²) in [4.78, 5) is 46.7. The van der Waals surface area contributed by atoms with Crippen molar-refractivity contribution < 1.29 is 32.6 Å². The van der Waals surface area contributed by atoms with E-state index in [1.807, 2.05) is 30.3 Å². The highest BCUT2D eigenvalue weighted by Crippen LogP contribution is 2.28. The first kappa shape index (κ1) is 35.0. The second-order valence-electron chi connectivity index (χ2n) is 11.7. The van der Waals surface area contributed by atoms with E-state index >= 15 is 0 Å². The molecule has 0 radical (unpaired) electrons. The van der Waals surface area contributed by atoms with Gasteiger partial charge in [0.15, 0.2) is 9.84 Å². The highest BCUT2D eigenvalue weighted by Gasteiger charge is 2.34. The molecule has 1 aliphatic rings. The Morgan fingerprint density at radius 1 is 1.00 bits per heavy atom. The summed E-state index contributed by atoms with van der Waals surface area (Å²) >= 11 is 0. The third-order valence-corrected chi connectivity index (χ3v) is 10.2. The molecule has 13 heteroatoms. The molecule has 1 aromatic heterocycles. The molecule has 44 heavy (non-hydrogen) atoms. The molecule has 0 saturated heterocycles. The number of aliphatic hydroxyl groups excluding tert-OH is 1. The molecule has 5 N–H and O–H groups in total. The number of ether oxygens (including phenoxy) is 1. The van der Waals surface area contributed by atoms with Gasteiger partial charge in [-0.2, -0.15) is 0 Å². The van der Waals surface area contributed by atoms with Gasteiger partial charge in [0.25, 0.3) is 0 Å². The maximum Gasteiger partial charge on any atom is 0.407 e. The van der Waals surface area contributed by atoms with Gasteiger partial charge in [-0.15, -0.1) is 0 Å². The number of carbonyl (C=O) groups is 3. The summed E-state index contributed by atoms with van der Waals surface area (Å²) in [5, 5.41) is 18.7. The fourth-order valence-corrected chi connectivity index (χ4v) is 6.49. The van der Waals surface area contributed by atoms with Crippen LogP contribution >= 0.6 is 0 Å². The molecule has 3 rings (SSSR count). The minimum Gasteiger partial charge on any atom is -0.450 e. The maximum absolute atomic E-state index is 13.8. The van der Waals surface area contributed by atoms with Crippen LogP contribution in [0.1, 0.15) is 70.6 Å². The van der Waals surface area contributed by atoms with Crippen LogP contribution in [-0.4, -0.2) is 83.2 Å². The minimum atomic E-state index is -3.59. The molecule has 1 fully saturated rings. The number of nitrogens with one attached hydrogen (secondary N) is 4. The van der Waals surface area contributed by atoms with Crippen LogP contribution in [0.25, 0.3) is 0 Å². The summed E-state index contributed by atoms with van der Waals surface area (Å²) in [6.45, 7) is 4.89. The second-order valence-corrected chi connectivity index (χ2v) is 14.4. The topological polar surface area (TPSA) is 180 Å². The number of aliphatic hydroxyl groups is 1. The molecule has 1 saturated carbocycles. The Labute approximate surface area is 260 Å².